The Morgan fingerprint density at radius 3 is 2.50 bits per heavy atom. The molecule has 0 radical (unpaired) electrons. The molecule has 1 aliphatic heterocycles. The van der Waals surface area contributed by atoms with E-state index in [-0.39, 0.29) is 0 Å². The van der Waals surface area contributed by atoms with Gasteiger partial charge in [0.1, 0.15) is 5.76 Å². The number of nitrogens with zero attached hydrogens (tertiary/aromatic N) is 2. The number of unbranched alkanes of at least 4 members (excludes halogenated alkanes) is 1. The smallest absolute Gasteiger partial charge is 0.180 e. The molecule has 1 aliphatic rings. The molecular weight excluding hydrogens is 342 g/mol. The average molecular weight is 378 g/mol. The minimum Gasteiger partial charge on any atom is -0.497 e. The van der Waals surface area contributed by atoms with E-state index in [9.17, 15) is 0 Å². The van der Waals surface area contributed by atoms with Crippen LogP contribution >= 0.6 is 11.3 Å². The van der Waals surface area contributed by atoms with Gasteiger partial charge < -0.3 is 10.5 Å². The Morgan fingerprint density at radius 1 is 1.27 bits per heavy atom. The zero-order chi connectivity index (χ0) is 19.4. The number of likely N-dealkylation sites (tertiary alicyclic amines) is 1. The normalized spacial score (nSPS) is 15.2. The van der Waals surface area contributed by atoms with Crippen LogP contribution in [0, 0.1) is 0 Å². The fourth-order valence-corrected chi connectivity index (χ4v) is 3.54. The summed E-state index contributed by atoms with van der Waals surface area (Å²) in [5, 5.41) is 0.635. The summed E-state index contributed by atoms with van der Waals surface area (Å²) in [5.74, 6) is 0.636. The Bertz CT molecular complexity index is 598. The molecule has 0 unspecified atom stereocenters. The number of allylic oxidation sites excluding steroid dienone is 4. The Kier molecular flexibility index (Phi) is 11.0. The molecule has 0 aromatic carbocycles. The summed E-state index contributed by atoms with van der Waals surface area (Å²) >= 11 is 1.60. The maximum absolute atomic E-state index is 6.00. The van der Waals surface area contributed by atoms with Crippen LogP contribution in [0.2, 0.25) is 0 Å². The van der Waals surface area contributed by atoms with Gasteiger partial charge in [-0.15, -0.1) is 11.3 Å². The van der Waals surface area contributed by atoms with Crippen LogP contribution in [0.3, 0.4) is 0 Å². The topological polar surface area (TPSA) is 51.4 Å². The minimum absolute atomic E-state index is 0.635. The largest absolute Gasteiger partial charge is 0.497 e. The SMILES string of the molecule is C=C(/C=C\C(=C/CCC)c1nc(N)sc1CN1CCCC1)OC.CCC. The van der Waals surface area contributed by atoms with Crippen molar-refractivity contribution >= 4 is 22.0 Å². The molecule has 2 heterocycles. The van der Waals surface area contributed by atoms with Crippen LogP contribution in [0.1, 0.15) is 63.4 Å². The zero-order valence-electron chi connectivity index (χ0n) is 16.9. The van der Waals surface area contributed by atoms with E-state index >= 15 is 0 Å². The van der Waals surface area contributed by atoms with Gasteiger partial charge in [0, 0.05) is 11.4 Å². The maximum Gasteiger partial charge on any atom is 0.180 e. The van der Waals surface area contributed by atoms with Crippen LogP contribution in [0.5, 0.6) is 0 Å². The first kappa shape index (κ1) is 22.5. The van der Waals surface area contributed by atoms with Gasteiger partial charge >= 0.3 is 0 Å². The van der Waals surface area contributed by atoms with Crippen molar-refractivity contribution in [3.63, 3.8) is 0 Å². The number of hydrogen-bond acceptors (Lipinski definition) is 5. The van der Waals surface area contributed by atoms with E-state index in [1.807, 2.05) is 12.2 Å². The monoisotopic (exact) mass is 377 g/mol. The third-order valence-electron chi connectivity index (χ3n) is 3.92. The highest BCUT2D eigenvalue weighted by Gasteiger charge is 2.18. The maximum atomic E-state index is 6.00. The van der Waals surface area contributed by atoms with Crippen molar-refractivity contribution in [3.05, 3.63) is 41.1 Å². The molecule has 0 bridgehead atoms. The van der Waals surface area contributed by atoms with Crippen LogP contribution in [0.15, 0.2) is 30.6 Å². The Labute approximate surface area is 163 Å². The van der Waals surface area contributed by atoms with Crippen LogP contribution in [0.25, 0.3) is 5.57 Å². The molecule has 146 valence electrons. The fraction of sp³-hybridized carbons (Fsp3) is 0.571. The summed E-state index contributed by atoms with van der Waals surface area (Å²) in [6, 6.07) is 0. The second-order valence-corrected chi connectivity index (χ2v) is 7.58. The number of rotatable bonds is 8. The highest BCUT2D eigenvalue weighted by Crippen LogP contribution is 2.30. The number of methoxy groups -OCH3 is 1. The number of hydrogen-bond donors (Lipinski definition) is 1. The summed E-state index contributed by atoms with van der Waals surface area (Å²) in [6.45, 7) is 13.5. The number of nitrogens with two attached hydrogens (primary N) is 1. The number of ether oxygens (including phenoxy) is 1. The summed E-state index contributed by atoms with van der Waals surface area (Å²) in [5.41, 5.74) is 8.11. The molecule has 4 nitrogen and oxygen atoms in total. The number of thiazole rings is 1. The lowest BCUT2D eigenvalue weighted by Gasteiger charge is -2.14. The highest BCUT2D eigenvalue weighted by molar-refractivity contribution is 7.15. The predicted molar refractivity (Wildman–Crippen MR) is 115 cm³/mol. The van der Waals surface area contributed by atoms with Crippen molar-refractivity contribution in [3.8, 4) is 0 Å². The molecule has 0 saturated carbocycles. The predicted octanol–water partition coefficient (Wildman–Crippen LogP) is 5.64. The van der Waals surface area contributed by atoms with E-state index in [0.29, 0.717) is 10.9 Å². The minimum atomic E-state index is 0.635. The second-order valence-electron chi connectivity index (χ2n) is 6.47. The number of anilines is 1. The summed E-state index contributed by atoms with van der Waals surface area (Å²) in [6.07, 6.45) is 12.1. The third-order valence-corrected chi connectivity index (χ3v) is 4.79. The lowest BCUT2D eigenvalue weighted by Crippen LogP contribution is -2.18. The number of aromatic nitrogens is 1. The first-order valence-corrected chi connectivity index (χ1v) is 10.5. The van der Waals surface area contributed by atoms with Gasteiger partial charge in [-0.2, -0.15) is 0 Å². The van der Waals surface area contributed by atoms with Crippen molar-refractivity contribution < 1.29 is 4.74 Å². The molecule has 5 heteroatoms. The molecule has 0 amide bonds. The summed E-state index contributed by atoms with van der Waals surface area (Å²) < 4.78 is 5.12. The molecule has 0 atom stereocenters. The van der Waals surface area contributed by atoms with Crippen molar-refractivity contribution in [2.24, 2.45) is 0 Å². The standard InChI is InChI=1S/C18H27N3OS.C3H8/c1-4-5-8-15(10-9-14(2)22-3)17-16(23-18(19)20-17)13-21-11-6-7-12-21;1-3-2/h8-10H,2,4-7,11-13H2,1,3H3,(H2,19,20);3H2,1-2H3/b10-9-,15-8+;. The molecule has 0 spiro atoms. The van der Waals surface area contributed by atoms with Crippen molar-refractivity contribution in [1.29, 1.82) is 0 Å². The summed E-state index contributed by atoms with van der Waals surface area (Å²) in [7, 11) is 1.63. The van der Waals surface area contributed by atoms with Gasteiger partial charge in [0.05, 0.1) is 12.8 Å². The van der Waals surface area contributed by atoms with Crippen LogP contribution < -0.4 is 5.73 Å². The molecule has 1 fully saturated rings. The number of nitrogen functional groups attached to an aromatic ring is 1. The van der Waals surface area contributed by atoms with Gasteiger partial charge in [-0.1, -0.05) is 46.3 Å². The van der Waals surface area contributed by atoms with Crippen LogP contribution in [-0.2, 0) is 11.3 Å². The molecule has 1 saturated heterocycles. The molecule has 0 aliphatic carbocycles. The van der Waals surface area contributed by atoms with E-state index in [1.165, 1.54) is 37.2 Å². The van der Waals surface area contributed by atoms with E-state index < -0.39 is 0 Å². The quantitative estimate of drug-likeness (QED) is 0.471. The third kappa shape index (κ3) is 7.75. The first-order valence-electron chi connectivity index (χ1n) is 9.64. The van der Waals surface area contributed by atoms with Crippen molar-refractivity contribution in [2.45, 2.75) is 59.4 Å². The van der Waals surface area contributed by atoms with E-state index in [2.05, 4.69) is 43.3 Å². The van der Waals surface area contributed by atoms with Gasteiger partial charge in [0.15, 0.2) is 5.13 Å². The molecule has 2 rings (SSSR count). The van der Waals surface area contributed by atoms with Crippen LogP contribution in [0.4, 0.5) is 5.13 Å². The van der Waals surface area contributed by atoms with Gasteiger partial charge in [-0.3, -0.25) is 4.90 Å². The fourth-order valence-electron chi connectivity index (χ4n) is 2.64. The second kappa shape index (κ2) is 12.7. The Morgan fingerprint density at radius 2 is 1.92 bits per heavy atom. The van der Waals surface area contributed by atoms with E-state index in [4.69, 9.17) is 10.5 Å². The first-order chi connectivity index (χ1) is 12.5. The molecule has 1 aromatic heterocycles. The van der Waals surface area contributed by atoms with E-state index in [1.54, 1.807) is 18.4 Å². The molecule has 2 N–H and O–H groups in total. The lowest BCUT2D eigenvalue weighted by molar-refractivity contribution is 0.309. The average Bonchev–Trinajstić information content (AvgIpc) is 3.25. The van der Waals surface area contributed by atoms with E-state index in [0.717, 1.165) is 30.7 Å². The van der Waals surface area contributed by atoms with Gasteiger partial charge in [0.2, 0.25) is 0 Å². The molecule has 26 heavy (non-hydrogen) atoms. The molecular formula is C21H35N3OS. The summed E-state index contributed by atoms with van der Waals surface area (Å²) in [4.78, 5) is 8.32. The lowest BCUT2D eigenvalue weighted by atomic mass is 10.1. The van der Waals surface area contributed by atoms with Crippen LogP contribution in [-0.4, -0.2) is 30.1 Å². The van der Waals surface area contributed by atoms with Gasteiger partial charge in [0.25, 0.3) is 0 Å². The zero-order valence-corrected chi connectivity index (χ0v) is 17.7. The van der Waals surface area contributed by atoms with Crippen molar-refractivity contribution in [1.82, 2.24) is 9.88 Å². The highest BCUT2D eigenvalue weighted by atomic mass is 32.1. The van der Waals surface area contributed by atoms with Gasteiger partial charge in [-0.25, -0.2) is 4.98 Å². The Balaban J connectivity index is 0.00000105. The Hall–Kier alpha value is -1.59. The van der Waals surface area contributed by atoms with Gasteiger partial charge in [-0.05, 0) is 50.1 Å². The molecule has 1 aromatic rings. The van der Waals surface area contributed by atoms with Crippen molar-refractivity contribution in [2.75, 3.05) is 25.9 Å².